The van der Waals surface area contributed by atoms with E-state index in [1.807, 2.05) is 6.92 Å². The Hall–Kier alpha value is -1.64. The molecular weight excluding hydrogens is 168 g/mol. The van der Waals surface area contributed by atoms with Crippen molar-refractivity contribution in [3.8, 4) is 0 Å². The van der Waals surface area contributed by atoms with Crippen LogP contribution in [0.2, 0.25) is 0 Å². The standard InChI is InChI=1S/C10H10O3/c1-2-7-5-3-4-6-8(7)9(11)10(12)13/h3-6H,2H2,1H3,(H,12,13). The van der Waals surface area contributed by atoms with E-state index in [0.29, 0.717) is 6.42 Å². The van der Waals surface area contributed by atoms with Crippen molar-refractivity contribution in [3.05, 3.63) is 35.4 Å². The third kappa shape index (κ3) is 1.93. The van der Waals surface area contributed by atoms with Crippen LogP contribution in [-0.2, 0) is 11.2 Å². The van der Waals surface area contributed by atoms with Gasteiger partial charge in [0.25, 0.3) is 5.78 Å². The lowest BCUT2D eigenvalue weighted by Gasteiger charge is -2.02. The molecule has 0 heterocycles. The zero-order valence-electron chi connectivity index (χ0n) is 7.28. The molecule has 68 valence electrons. The maximum atomic E-state index is 11.1. The predicted octanol–water partition coefficient (Wildman–Crippen LogP) is 1.52. The van der Waals surface area contributed by atoms with E-state index >= 15 is 0 Å². The molecule has 3 heteroatoms. The highest BCUT2D eigenvalue weighted by atomic mass is 16.4. The van der Waals surface area contributed by atoms with Crippen LogP contribution in [0.4, 0.5) is 0 Å². The quantitative estimate of drug-likeness (QED) is 0.564. The fourth-order valence-electron chi connectivity index (χ4n) is 1.17. The highest BCUT2D eigenvalue weighted by molar-refractivity contribution is 6.40. The van der Waals surface area contributed by atoms with Crippen molar-refractivity contribution in [2.24, 2.45) is 0 Å². The number of ketones is 1. The first-order valence-electron chi connectivity index (χ1n) is 4.02. The fourth-order valence-corrected chi connectivity index (χ4v) is 1.17. The van der Waals surface area contributed by atoms with Crippen molar-refractivity contribution in [1.29, 1.82) is 0 Å². The Kier molecular flexibility index (Phi) is 2.80. The largest absolute Gasteiger partial charge is 0.475 e. The molecule has 0 aliphatic heterocycles. The molecule has 0 aliphatic rings. The van der Waals surface area contributed by atoms with Crippen LogP contribution in [-0.4, -0.2) is 16.9 Å². The molecule has 0 spiro atoms. The molecule has 0 bridgehead atoms. The minimum atomic E-state index is -1.40. The predicted molar refractivity (Wildman–Crippen MR) is 47.8 cm³/mol. The molecule has 0 amide bonds. The van der Waals surface area contributed by atoms with Gasteiger partial charge in [-0.25, -0.2) is 4.79 Å². The Morgan fingerprint density at radius 1 is 1.31 bits per heavy atom. The van der Waals surface area contributed by atoms with Crippen LogP contribution < -0.4 is 0 Å². The van der Waals surface area contributed by atoms with Gasteiger partial charge in [-0.1, -0.05) is 31.2 Å². The second-order valence-corrected chi connectivity index (χ2v) is 2.64. The summed E-state index contributed by atoms with van der Waals surface area (Å²) in [6, 6.07) is 6.75. The molecule has 1 aromatic rings. The van der Waals surface area contributed by atoms with Crippen molar-refractivity contribution < 1.29 is 14.7 Å². The second kappa shape index (κ2) is 3.85. The van der Waals surface area contributed by atoms with E-state index in [2.05, 4.69) is 0 Å². The molecule has 0 radical (unpaired) electrons. The summed E-state index contributed by atoms with van der Waals surface area (Å²) < 4.78 is 0. The lowest BCUT2D eigenvalue weighted by molar-refractivity contribution is -0.131. The van der Waals surface area contributed by atoms with Crippen molar-refractivity contribution in [1.82, 2.24) is 0 Å². The number of rotatable bonds is 3. The molecule has 0 atom stereocenters. The number of carboxylic acids is 1. The normalized spacial score (nSPS) is 9.62. The molecule has 0 aliphatic carbocycles. The number of benzene rings is 1. The first-order valence-corrected chi connectivity index (χ1v) is 4.02. The van der Waals surface area contributed by atoms with Crippen LogP contribution >= 0.6 is 0 Å². The van der Waals surface area contributed by atoms with Gasteiger partial charge in [0.2, 0.25) is 0 Å². The van der Waals surface area contributed by atoms with Gasteiger partial charge in [0.05, 0.1) is 0 Å². The summed E-state index contributed by atoms with van der Waals surface area (Å²) in [5, 5.41) is 8.51. The van der Waals surface area contributed by atoms with Crippen molar-refractivity contribution in [2.45, 2.75) is 13.3 Å². The minimum absolute atomic E-state index is 0.289. The number of Topliss-reactive ketones (excluding diaryl/α,β-unsaturated/α-hetero) is 1. The van der Waals surface area contributed by atoms with E-state index in [4.69, 9.17) is 5.11 Å². The van der Waals surface area contributed by atoms with Gasteiger partial charge in [0, 0.05) is 5.56 Å². The first kappa shape index (κ1) is 9.45. The molecule has 13 heavy (non-hydrogen) atoms. The van der Waals surface area contributed by atoms with Gasteiger partial charge in [0.1, 0.15) is 0 Å². The molecule has 0 fully saturated rings. The van der Waals surface area contributed by atoms with E-state index < -0.39 is 11.8 Å². The summed E-state index contributed by atoms with van der Waals surface area (Å²) >= 11 is 0. The SMILES string of the molecule is CCc1ccccc1C(=O)C(=O)O. The van der Waals surface area contributed by atoms with Crippen LogP contribution in [0.1, 0.15) is 22.8 Å². The van der Waals surface area contributed by atoms with E-state index in [9.17, 15) is 9.59 Å². The second-order valence-electron chi connectivity index (χ2n) is 2.64. The number of aryl methyl sites for hydroxylation is 1. The van der Waals surface area contributed by atoms with E-state index in [1.165, 1.54) is 6.07 Å². The van der Waals surface area contributed by atoms with Crippen LogP contribution in [0.15, 0.2) is 24.3 Å². The number of hydrogen-bond donors (Lipinski definition) is 1. The maximum Gasteiger partial charge on any atom is 0.377 e. The molecular formula is C10H10O3. The molecule has 1 aromatic carbocycles. The Bertz CT molecular complexity index is 342. The third-order valence-electron chi connectivity index (χ3n) is 1.84. The van der Waals surface area contributed by atoms with Gasteiger partial charge >= 0.3 is 5.97 Å². The number of aliphatic carboxylic acids is 1. The summed E-state index contributed by atoms with van der Waals surface area (Å²) in [7, 11) is 0. The third-order valence-corrected chi connectivity index (χ3v) is 1.84. The molecule has 0 unspecified atom stereocenters. The molecule has 1 rings (SSSR count). The fraction of sp³-hybridized carbons (Fsp3) is 0.200. The number of carbonyl (C=O) groups excluding carboxylic acids is 1. The van der Waals surface area contributed by atoms with Crippen LogP contribution in [0.25, 0.3) is 0 Å². The summed E-state index contributed by atoms with van der Waals surface area (Å²) in [6.07, 6.45) is 0.662. The van der Waals surface area contributed by atoms with Crippen LogP contribution in [0.3, 0.4) is 0 Å². The lowest BCUT2D eigenvalue weighted by atomic mass is 10.0. The van der Waals surface area contributed by atoms with Gasteiger partial charge in [-0.15, -0.1) is 0 Å². The molecule has 1 N–H and O–H groups in total. The molecule has 0 aromatic heterocycles. The Morgan fingerprint density at radius 2 is 1.92 bits per heavy atom. The average Bonchev–Trinajstić information content (AvgIpc) is 2.16. The van der Waals surface area contributed by atoms with Gasteiger partial charge in [0.15, 0.2) is 0 Å². The van der Waals surface area contributed by atoms with E-state index in [-0.39, 0.29) is 5.56 Å². The monoisotopic (exact) mass is 178 g/mol. The molecule has 3 nitrogen and oxygen atoms in total. The van der Waals surface area contributed by atoms with E-state index in [1.54, 1.807) is 18.2 Å². The summed E-state index contributed by atoms with van der Waals surface area (Å²) in [6.45, 7) is 1.88. The maximum absolute atomic E-state index is 11.1. The summed E-state index contributed by atoms with van der Waals surface area (Å²) in [5.74, 6) is -2.24. The summed E-state index contributed by atoms with van der Waals surface area (Å²) in [5.41, 5.74) is 1.06. The van der Waals surface area contributed by atoms with Gasteiger partial charge in [-0.05, 0) is 12.0 Å². The zero-order chi connectivity index (χ0) is 9.84. The highest BCUT2D eigenvalue weighted by Gasteiger charge is 2.16. The minimum Gasteiger partial charge on any atom is -0.475 e. The average molecular weight is 178 g/mol. The van der Waals surface area contributed by atoms with Gasteiger partial charge in [-0.2, -0.15) is 0 Å². The number of carbonyl (C=O) groups is 2. The van der Waals surface area contributed by atoms with Crippen LogP contribution in [0.5, 0.6) is 0 Å². The van der Waals surface area contributed by atoms with E-state index in [0.717, 1.165) is 5.56 Å². The number of hydrogen-bond acceptors (Lipinski definition) is 2. The number of carboxylic acid groups (broad SMARTS) is 1. The summed E-state index contributed by atoms with van der Waals surface area (Å²) in [4.78, 5) is 21.5. The van der Waals surface area contributed by atoms with Crippen LogP contribution in [0, 0.1) is 0 Å². The van der Waals surface area contributed by atoms with Gasteiger partial charge < -0.3 is 5.11 Å². The van der Waals surface area contributed by atoms with Crippen molar-refractivity contribution in [3.63, 3.8) is 0 Å². The van der Waals surface area contributed by atoms with Crippen molar-refractivity contribution in [2.75, 3.05) is 0 Å². The van der Waals surface area contributed by atoms with Crippen molar-refractivity contribution >= 4 is 11.8 Å². The zero-order valence-corrected chi connectivity index (χ0v) is 7.28. The smallest absolute Gasteiger partial charge is 0.377 e. The molecule has 0 saturated heterocycles. The Morgan fingerprint density at radius 3 is 2.46 bits per heavy atom. The molecule has 0 saturated carbocycles. The van der Waals surface area contributed by atoms with Gasteiger partial charge in [-0.3, -0.25) is 4.79 Å². The Labute approximate surface area is 76.0 Å². The first-order chi connectivity index (χ1) is 6.16. The highest BCUT2D eigenvalue weighted by Crippen LogP contribution is 2.09. The topological polar surface area (TPSA) is 54.4 Å². The lowest BCUT2D eigenvalue weighted by Crippen LogP contribution is -2.14. The Balaban J connectivity index is 3.13.